The van der Waals surface area contributed by atoms with E-state index in [2.05, 4.69) is 6.07 Å². The summed E-state index contributed by atoms with van der Waals surface area (Å²) in [6.07, 6.45) is 0. The average Bonchev–Trinajstić information content (AvgIpc) is 2.16. The molecule has 1 rings (SSSR count). The molecule has 0 saturated carbocycles. The van der Waals surface area contributed by atoms with Crippen molar-refractivity contribution < 1.29 is 9.85 Å². The van der Waals surface area contributed by atoms with E-state index in [1.54, 1.807) is 0 Å². The molecule has 15 heavy (non-hydrogen) atoms. The predicted octanol–water partition coefficient (Wildman–Crippen LogP) is 1.37. The molecule has 0 aliphatic rings. The molecule has 0 atom stereocenters. The summed E-state index contributed by atoms with van der Waals surface area (Å²) in [5.74, 6) is 0. The second-order valence-electron chi connectivity index (χ2n) is 2.98. The minimum absolute atomic E-state index is 0.0243. The molecule has 0 heterocycles. The van der Waals surface area contributed by atoms with Crippen molar-refractivity contribution >= 4 is 17.1 Å². The molecule has 7 heteroatoms. The molecule has 79 valence electrons. The largest absolute Gasteiger partial charge is 0.366 e. The summed E-state index contributed by atoms with van der Waals surface area (Å²) in [5, 5.41) is 21.3. The highest BCUT2D eigenvalue weighted by Gasteiger charge is 2.25. The number of hydrogen-bond acceptors (Lipinski definition) is 5. The first-order chi connectivity index (χ1) is 6.95. The van der Waals surface area contributed by atoms with Crippen LogP contribution in [-0.2, 0) is 0 Å². The third-order valence-electron chi connectivity index (χ3n) is 1.77. The topological polar surface area (TPSA) is 89.5 Å². The van der Waals surface area contributed by atoms with Crippen molar-refractivity contribution in [2.75, 3.05) is 19.0 Å². The summed E-state index contributed by atoms with van der Waals surface area (Å²) in [4.78, 5) is 21.3. The molecular weight excluding hydrogens is 202 g/mol. The third-order valence-corrected chi connectivity index (χ3v) is 1.77. The standard InChI is InChI=1S/C8H8N3O4/c1-9(2)8-6(10(12)13)4-3-5-7(8)11(14)15/h4-5H,1-2H3. The molecule has 0 amide bonds. The zero-order valence-corrected chi connectivity index (χ0v) is 8.13. The van der Waals surface area contributed by atoms with Gasteiger partial charge in [0.05, 0.1) is 9.85 Å². The van der Waals surface area contributed by atoms with Gasteiger partial charge < -0.3 is 4.90 Å². The lowest BCUT2D eigenvalue weighted by molar-refractivity contribution is -0.392. The van der Waals surface area contributed by atoms with Crippen molar-refractivity contribution in [3.63, 3.8) is 0 Å². The normalized spacial score (nSPS) is 9.73. The van der Waals surface area contributed by atoms with Crippen molar-refractivity contribution in [3.8, 4) is 0 Å². The van der Waals surface area contributed by atoms with Crippen LogP contribution in [0.3, 0.4) is 0 Å². The maximum atomic E-state index is 10.6. The molecule has 0 unspecified atom stereocenters. The third kappa shape index (κ3) is 2.01. The quantitative estimate of drug-likeness (QED) is 0.555. The summed E-state index contributed by atoms with van der Waals surface area (Å²) in [6.45, 7) is 0. The fourth-order valence-electron chi connectivity index (χ4n) is 1.20. The highest BCUT2D eigenvalue weighted by molar-refractivity contribution is 5.74. The van der Waals surface area contributed by atoms with Crippen LogP contribution in [0.1, 0.15) is 0 Å². The van der Waals surface area contributed by atoms with Crippen LogP contribution in [0.2, 0.25) is 0 Å². The Morgan fingerprint density at radius 2 is 1.53 bits per heavy atom. The molecule has 0 aliphatic heterocycles. The lowest BCUT2D eigenvalue weighted by Crippen LogP contribution is -2.13. The number of nitro benzene ring substituents is 2. The highest BCUT2D eigenvalue weighted by Crippen LogP contribution is 2.35. The van der Waals surface area contributed by atoms with E-state index < -0.39 is 9.85 Å². The van der Waals surface area contributed by atoms with Gasteiger partial charge in [0.2, 0.25) is 0 Å². The van der Waals surface area contributed by atoms with Crippen LogP contribution < -0.4 is 4.90 Å². The summed E-state index contributed by atoms with van der Waals surface area (Å²) < 4.78 is 0. The number of anilines is 1. The van der Waals surface area contributed by atoms with Crippen molar-refractivity contribution in [2.24, 2.45) is 0 Å². The van der Waals surface area contributed by atoms with E-state index >= 15 is 0 Å². The van der Waals surface area contributed by atoms with Gasteiger partial charge in [0.1, 0.15) is 0 Å². The molecule has 0 aromatic heterocycles. The lowest BCUT2D eigenvalue weighted by atomic mass is 10.2. The average molecular weight is 210 g/mol. The van der Waals surface area contributed by atoms with Crippen molar-refractivity contribution in [1.82, 2.24) is 0 Å². The van der Waals surface area contributed by atoms with E-state index in [1.807, 2.05) is 0 Å². The minimum Gasteiger partial charge on any atom is -0.366 e. The zero-order valence-electron chi connectivity index (χ0n) is 8.13. The van der Waals surface area contributed by atoms with Crippen LogP contribution in [0, 0.1) is 26.3 Å². The molecular formula is C8H8N3O4. The van der Waals surface area contributed by atoms with Gasteiger partial charge in [-0.3, -0.25) is 20.2 Å². The fraction of sp³-hybridized carbons (Fsp3) is 0.250. The lowest BCUT2D eigenvalue weighted by Gasteiger charge is -2.11. The van der Waals surface area contributed by atoms with E-state index in [0.717, 1.165) is 12.1 Å². The van der Waals surface area contributed by atoms with Crippen LogP contribution in [0.15, 0.2) is 12.1 Å². The van der Waals surface area contributed by atoms with Gasteiger partial charge in [0.15, 0.2) is 5.69 Å². The molecule has 0 fully saturated rings. The van der Waals surface area contributed by atoms with Gasteiger partial charge in [-0.15, -0.1) is 0 Å². The van der Waals surface area contributed by atoms with Crippen molar-refractivity contribution in [1.29, 1.82) is 0 Å². The van der Waals surface area contributed by atoms with Crippen LogP contribution in [0.4, 0.5) is 17.1 Å². The van der Waals surface area contributed by atoms with Crippen molar-refractivity contribution in [3.05, 3.63) is 38.4 Å². The van der Waals surface area contributed by atoms with E-state index in [0.29, 0.717) is 0 Å². The summed E-state index contributed by atoms with van der Waals surface area (Å²) in [7, 11) is 3.02. The first-order valence-corrected chi connectivity index (χ1v) is 3.95. The van der Waals surface area contributed by atoms with Gasteiger partial charge in [-0.1, -0.05) is 0 Å². The van der Waals surface area contributed by atoms with Gasteiger partial charge in [-0.25, -0.2) is 0 Å². The van der Waals surface area contributed by atoms with E-state index in [9.17, 15) is 20.2 Å². The first-order valence-electron chi connectivity index (χ1n) is 3.95. The Balaban J connectivity index is 3.48. The molecule has 0 bridgehead atoms. The Morgan fingerprint density at radius 3 is 1.80 bits per heavy atom. The van der Waals surface area contributed by atoms with E-state index in [1.165, 1.54) is 19.0 Å². The Morgan fingerprint density at radius 1 is 1.13 bits per heavy atom. The fourth-order valence-corrected chi connectivity index (χ4v) is 1.20. The molecule has 0 aliphatic carbocycles. The number of nitrogens with zero attached hydrogens (tertiary/aromatic N) is 3. The Labute approximate surface area is 85.2 Å². The maximum absolute atomic E-state index is 10.6. The Kier molecular flexibility index (Phi) is 2.84. The highest BCUT2D eigenvalue weighted by atomic mass is 16.6. The molecule has 1 aromatic carbocycles. The van der Waals surface area contributed by atoms with Gasteiger partial charge in [-0.2, -0.15) is 0 Å². The van der Waals surface area contributed by atoms with Crippen molar-refractivity contribution in [2.45, 2.75) is 0 Å². The molecule has 0 N–H and O–H groups in total. The van der Waals surface area contributed by atoms with Gasteiger partial charge in [0, 0.05) is 26.2 Å². The SMILES string of the molecule is CN(C)c1c([N+](=O)[O-])c[c]cc1[N+](=O)[O-]. The maximum Gasteiger partial charge on any atom is 0.300 e. The first kappa shape index (κ1) is 10.9. The second-order valence-corrected chi connectivity index (χ2v) is 2.98. The smallest absolute Gasteiger partial charge is 0.300 e. The van der Waals surface area contributed by atoms with Gasteiger partial charge in [-0.05, 0) is 6.07 Å². The summed E-state index contributed by atoms with van der Waals surface area (Å²) >= 11 is 0. The Bertz CT molecular complexity index is 384. The van der Waals surface area contributed by atoms with Gasteiger partial charge >= 0.3 is 0 Å². The summed E-state index contributed by atoms with van der Waals surface area (Å²) in [6, 6.07) is 4.60. The molecule has 0 saturated heterocycles. The Hall–Kier alpha value is -2.18. The van der Waals surface area contributed by atoms with Crippen LogP contribution in [-0.4, -0.2) is 23.9 Å². The van der Waals surface area contributed by atoms with Crippen LogP contribution in [0.5, 0.6) is 0 Å². The van der Waals surface area contributed by atoms with Crippen LogP contribution >= 0.6 is 0 Å². The van der Waals surface area contributed by atoms with Crippen LogP contribution in [0.25, 0.3) is 0 Å². The van der Waals surface area contributed by atoms with E-state index in [-0.39, 0.29) is 17.1 Å². The summed E-state index contributed by atoms with van der Waals surface area (Å²) in [5.41, 5.74) is -0.674. The molecule has 7 nitrogen and oxygen atoms in total. The van der Waals surface area contributed by atoms with E-state index in [4.69, 9.17) is 0 Å². The predicted molar refractivity (Wildman–Crippen MR) is 52.9 cm³/mol. The number of rotatable bonds is 3. The molecule has 0 spiro atoms. The number of nitro groups is 2. The minimum atomic E-state index is -0.668. The zero-order chi connectivity index (χ0) is 11.6. The second kappa shape index (κ2) is 3.91. The number of hydrogen-bond donors (Lipinski definition) is 0. The molecule has 1 aromatic rings. The monoisotopic (exact) mass is 210 g/mol. The van der Waals surface area contributed by atoms with Gasteiger partial charge in [0.25, 0.3) is 11.4 Å². The molecule has 1 radical (unpaired) electrons. The number of benzene rings is 1.